The molecule has 7 heteroatoms. The number of carbonyl (C=O) groups is 1. The van der Waals surface area contributed by atoms with Crippen molar-refractivity contribution in [1.29, 1.82) is 5.26 Å². The SMILES string of the molecule is Cc1ccsc1/C=C(\C#N)C(=O)N[C@@H]1CCS(=O)(=O)C1. The minimum Gasteiger partial charge on any atom is -0.348 e. The summed E-state index contributed by atoms with van der Waals surface area (Å²) in [6.07, 6.45) is 1.95. The van der Waals surface area contributed by atoms with Crippen LogP contribution >= 0.6 is 11.3 Å². The lowest BCUT2D eigenvalue weighted by Gasteiger charge is -2.09. The molecule has 0 radical (unpaired) electrons. The van der Waals surface area contributed by atoms with Gasteiger partial charge in [0.05, 0.1) is 11.5 Å². The van der Waals surface area contributed by atoms with Gasteiger partial charge in [0.1, 0.15) is 11.6 Å². The first kappa shape index (κ1) is 14.8. The van der Waals surface area contributed by atoms with E-state index in [0.29, 0.717) is 6.42 Å². The number of amides is 1. The van der Waals surface area contributed by atoms with Crippen LogP contribution in [0, 0.1) is 18.3 Å². The van der Waals surface area contributed by atoms with Crippen LogP contribution in [0.5, 0.6) is 0 Å². The molecular weight excluding hydrogens is 296 g/mol. The van der Waals surface area contributed by atoms with Crippen molar-refractivity contribution < 1.29 is 13.2 Å². The molecule has 0 aromatic carbocycles. The van der Waals surface area contributed by atoms with Crippen LogP contribution in [0.1, 0.15) is 16.9 Å². The average Bonchev–Trinajstić information content (AvgIpc) is 2.92. The van der Waals surface area contributed by atoms with E-state index in [9.17, 15) is 13.2 Å². The van der Waals surface area contributed by atoms with Crippen molar-refractivity contribution in [2.45, 2.75) is 19.4 Å². The quantitative estimate of drug-likeness (QED) is 0.672. The minimum atomic E-state index is -3.05. The van der Waals surface area contributed by atoms with Crippen molar-refractivity contribution in [1.82, 2.24) is 5.32 Å². The Labute approximate surface area is 121 Å². The van der Waals surface area contributed by atoms with E-state index in [0.717, 1.165) is 10.4 Å². The number of hydrogen-bond acceptors (Lipinski definition) is 5. The van der Waals surface area contributed by atoms with Gasteiger partial charge in [0.15, 0.2) is 9.84 Å². The van der Waals surface area contributed by atoms with E-state index in [4.69, 9.17) is 5.26 Å². The molecule has 2 rings (SSSR count). The standard InChI is InChI=1S/C13H14N2O3S2/c1-9-2-4-19-12(9)6-10(7-14)13(16)15-11-3-5-20(17,18)8-11/h2,4,6,11H,3,5,8H2,1H3,(H,15,16)/b10-6+/t11-/m1/s1. The zero-order chi connectivity index (χ0) is 14.8. The average molecular weight is 310 g/mol. The van der Waals surface area contributed by atoms with Gasteiger partial charge in [-0.15, -0.1) is 11.3 Å². The summed E-state index contributed by atoms with van der Waals surface area (Å²) in [7, 11) is -3.05. The molecule has 1 atom stereocenters. The molecule has 0 aliphatic carbocycles. The summed E-state index contributed by atoms with van der Waals surface area (Å²) in [4.78, 5) is 12.8. The second kappa shape index (κ2) is 5.77. The molecule has 1 aromatic heterocycles. The van der Waals surface area contributed by atoms with Crippen LogP contribution in [0.2, 0.25) is 0 Å². The van der Waals surface area contributed by atoms with Gasteiger partial charge in [0.25, 0.3) is 5.91 Å². The van der Waals surface area contributed by atoms with E-state index in [1.165, 1.54) is 11.3 Å². The first-order chi connectivity index (χ1) is 9.41. The van der Waals surface area contributed by atoms with Crippen LogP contribution in [0.15, 0.2) is 17.0 Å². The Morgan fingerprint density at radius 1 is 1.60 bits per heavy atom. The molecule has 1 N–H and O–H groups in total. The largest absolute Gasteiger partial charge is 0.348 e. The van der Waals surface area contributed by atoms with Gasteiger partial charge in [-0.3, -0.25) is 4.79 Å². The Morgan fingerprint density at radius 2 is 2.35 bits per heavy atom. The third-order valence-electron chi connectivity index (χ3n) is 3.11. The number of aryl methyl sites for hydroxylation is 1. The predicted molar refractivity (Wildman–Crippen MR) is 77.8 cm³/mol. The monoisotopic (exact) mass is 310 g/mol. The predicted octanol–water partition coefficient (Wildman–Crippen LogP) is 1.27. The maximum atomic E-state index is 12.0. The summed E-state index contributed by atoms with van der Waals surface area (Å²) < 4.78 is 22.7. The molecule has 106 valence electrons. The fourth-order valence-electron chi connectivity index (χ4n) is 1.98. The third-order valence-corrected chi connectivity index (χ3v) is 5.84. The van der Waals surface area contributed by atoms with Gasteiger partial charge >= 0.3 is 0 Å². The Morgan fingerprint density at radius 3 is 2.85 bits per heavy atom. The Kier molecular flexibility index (Phi) is 4.26. The van der Waals surface area contributed by atoms with Crippen LogP contribution in [-0.2, 0) is 14.6 Å². The number of carbonyl (C=O) groups excluding carboxylic acids is 1. The molecule has 1 aromatic rings. The van der Waals surface area contributed by atoms with Gasteiger partial charge in [-0.25, -0.2) is 8.42 Å². The number of sulfone groups is 1. The van der Waals surface area contributed by atoms with Crippen molar-refractivity contribution in [3.05, 3.63) is 27.5 Å². The number of thiophene rings is 1. The van der Waals surface area contributed by atoms with Gasteiger partial charge in [-0.2, -0.15) is 5.26 Å². The highest BCUT2D eigenvalue weighted by atomic mass is 32.2. The van der Waals surface area contributed by atoms with Crippen LogP contribution in [-0.4, -0.2) is 31.9 Å². The molecule has 1 aliphatic rings. The smallest absolute Gasteiger partial charge is 0.262 e. The highest BCUT2D eigenvalue weighted by Crippen LogP contribution is 2.19. The van der Waals surface area contributed by atoms with Crippen molar-refractivity contribution in [3.8, 4) is 6.07 Å². The summed E-state index contributed by atoms with van der Waals surface area (Å²) in [6, 6.07) is 3.38. The molecule has 1 amide bonds. The molecule has 0 saturated carbocycles. The Hall–Kier alpha value is -1.65. The number of nitrogens with zero attached hydrogens (tertiary/aromatic N) is 1. The molecular formula is C13H14N2O3S2. The highest BCUT2D eigenvalue weighted by Gasteiger charge is 2.29. The van der Waals surface area contributed by atoms with E-state index < -0.39 is 21.8 Å². The molecule has 1 fully saturated rings. The lowest BCUT2D eigenvalue weighted by atomic mass is 10.1. The molecule has 2 heterocycles. The first-order valence-electron chi connectivity index (χ1n) is 6.08. The number of nitrogens with one attached hydrogen (secondary N) is 1. The van der Waals surface area contributed by atoms with Gasteiger partial charge in [0, 0.05) is 10.9 Å². The number of rotatable bonds is 3. The van der Waals surface area contributed by atoms with Crippen molar-refractivity contribution in [3.63, 3.8) is 0 Å². The van der Waals surface area contributed by atoms with Crippen LogP contribution in [0.4, 0.5) is 0 Å². The number of nitriles is 1. The first-order valence-corrected chi connectivity index (χ1v) is 8.78. The van der Waals surface area contributed by atoms with Crippen molar-refractivity contribution in [2.24, 2.45) is 0 Å². The second-order valence-corrected chi connectivity index (χ2v) is 7.89. The lowest BCUT2D eigenvalue weighted by molar-refractivity contribution is -0.117. The number of hydrogen-bond donors (Lipinski definition) is 1. The lowest BCUT2D eigenvalue weighted by Crippen LogP contribution is -2.36. The van der Waals surface area contributed by atoms with Crippen LogP contribution < -0.4 is 5.32 Å². The molecule has 0 bridgehead atoms. The third kappa shape index (κ3) is 3.46. The summed E-state index contributed by atoms with van der Waals surface area (Å²) in [5, 5.41) is 13.6. The summed E-state index contributed by atoms with van der Waals surface area (Å²) in [6.45, 7) is 1.90. The molecule has 1 aliphatic heterocycles. The zero-order valence-corrected chi connectivity index (χ0v) is 12.6. The second-order valence-electron chi connectivity index (χ2n) is 4.71. The fraction of sp³-hybridized carbons (Fsp3) is 0.385. The normalized spacial score (nSPS) is 21.4. The zero-order valence-electron chi connectivity index (χ0n) is 10.9. The Bertz CT molecular complexity index is 695. The van der Waals surface area contributed by atoms with Crippen molar-refractivity contribution in [2.75, 3.05) is 11.5 Å². The molecule has 20 heavy (non-hydrogen) atoms. The fourth-order valence-corrected chi connectivity index (χ4v) is 4.52. The van der Waals surface area contributed by atoms with Crippen LogP contribution in [0.3, 0.4) is 0 Å². The van der Waals surface area contributed by atoms with Crippen LogP contribution in [0.25, 0.3) is 6.08 Å². The van der Waals surface area contributed by atoms with E-state index in [-0.39, 0.29) is 17.1 Å². The summed E-state index contributed by atoms with van der Waals surface area (Å²) in [5.41, 5.74) is 0.999. The molecule has 0 unspecified atom stereocenters. The summed E-state index contributed by atoms with van der Waals surface area (Å²) in [5.74, 6) is -0.467. The van der Waals surface area contributed by atoms with E-state index >= 15 is 0 Å². The molecule has 1 saturated heterocycles. The molecule has 0 spiro atoms. The highest BCUT2D eigenvalue weighted by molar-refractivity contribution is 7.91. The van der Waals surface area contributed by atoms with E-state index in [1.807, 2.05) is 24.4 Å². The van der Waals surface area contributed by atoms with Gasteiger partial charge in [-0.05, 0) is 36.4 Å². The van der Waals surface area contributed by atoms with Gasteiger partial charge in [-0.1, -0.05) is 0 Å². The van der Waals surface area contributed by atoms with Crippen molar-refractivity contribution >= 4 is 33.2 Å². The van der Waals surface area contributed by atoms with Gasteiger partial charge in [0.2, 0.25) is 0 Å². The Balaban J connectivity index is 2.10. The summed E-state index contributed by atoms with van der Waals surface area (Å²) >= 11 is 1.45. The maximum Gasteiger partial charge on any atom is 0.262 e. The minimum absolute atomic E-state index is 0.000141. The topological polar surface area (TPSA) is 87.0 Å². The van der Waals surface area contributed by atoms with E-state index in [1.54, 1.807) is 6.08 Å². The maximum absolute atomic E-state index is 12.0. The van der Waals surface area contributed by atoms with Gasteiger partial charge < -0.3 is 5.32 Å². The van der Waals surface area contributed by atoms with E-state index in [2.05, 4.69) is 5.32 Å². The molecule has 5 nitrogen and oxygen atoms in total.